The Labute approximate surface area is 58.7 Å². The molecule has 0 aliphatic heterocycles. The van der Waals surface area contributed by atoms with Crippen molar-refractivity contribution in [3.8, 4) is 0 Å². The third kappa shape index (κ3) is 1.13. The molecule has 9 heavy (non-hydrogen) atoms. The van der Waals surface area contributed by atoms with Gasteiger partial charge < -0.3 is 11.5 Å². The molecule has 1 rings (SSSR count). The van der Waals surface area contributed by atoms with Gasteiger partial charge in [-0.25, -0.2) is 0 Å². The van der Waals surface area contributed by atoms with Crippen molar-refractivity contribution in [3.63, 3.8) is 0 Å². The number of rotatable bonds is 0. The predicted octanol–water partition coefficient (Wildman–Crippen LogP) is 1.82. The largest absolute Gasteiger partial charge is 0.301 e. The van der Waals surface area contributed by atoms with Crippen LogP contribution in [0.15, 0.2) is 18.2 Å². The molecule has 0 aromatic heterocycles. The molecule has 0 saturated carbocycles. The third-order valence-electron chi connectivity index (χ3n) is 1.02. The molecule has 0 amide bonds. The van der Waals surface area contributed by atoms with Gasteiger partial charge >= 0.3 is 0 Å². The van der Waals surface area contributed by atoms with Crippen LogP contribution in [0.25, 0.3) is 0 Å². The van der Waals surface area contributed by atoms with E-state index < -0.39 is 6.85 Å². The van der Waals surface area contributed by atoms with Gasteiger partial charge in [0.15, 0.2) is 0 Å². The average molecular weight is 123 g/mol. The van der Waals surface area contributed by atoms with Crippen molar-refractivity contribution in [3.05, 3.63) is 23.8 Å². The summed E-state index contributed by atoms with van der Waals surface area (Å²) < 4.78 is 21.1. The van der Waals surface area contributed by atoms with Crippen LogP contribution in [0.3, 0.4) is 0 Å². The lowest BCUT2D eigenvalue weighted by Crippen LogP contribution is -1.76. The molecular formula is C7H8N2. The maximum absolute atomic E-state index is 7.29. The van der Waals surface area contributed by atoms with Gasteiger partial charge in [-0.1, -0.05) is 6.07 Å². The molecular weight excluding hydrogens is 112 g/mol. The third-order valence-corrected chi connectivity index (χ3v) is 1.02. The first-order valence-corrected chi connectivity index (χ1v) is 2.49. The molecule has 46 valence electrons. The number of hydrogen-bond donors (Lipinski definition) is 0. The van der Waals surface area contributed by atoms with Gasteiger partial charge in [0, 0.05) is 4.11 Å². The molecule has 0 aliphatic rings. The van der Waals surface area contributed by atoms with E-state index in [2.05, 4.69) is 0 Å². The van der Waals surface area contributed by atoms with Crippen LogP contribution in [0.4, 0.5) is 11.4 Å². The normalized spacial score (nSPS) is 15.8. The molecule has 1 aromatic rings. The van der Waals surface area contributed by atoms with E-state index in [1.165, 1.54) is 18.2 Å². The molecule has 0 bridgehead atoms. The maximum Gasteiger partial charge on any atom is 0.0590 e. The van der Waals surface area contributed by atoms with Gasteiger partial charge in [-0.15, -0.1) is 0 Å². The highest BCUT2D eigenvalue weighted by Gasteiger charge is 1.91. The maximum atomic E-state index is 7.29. The first-order chi connectivity index (χ1) is 5.41. The molecule has 0 atom stereocenters. The van der Waals surface area contributed by atoms with E-state index in [0.29, 0.717) is 0 Å². The smallest absolute Gasteiger partial charge is 0.0590 e. The zero-order valence-electron chi connectivity index (χ0n) is 7.73. The summed E-state index contributed by atoms with van der Waals surface area (Å²) in [6.07, 6.45) is 0. The molecule has 2 radical (unpaired) electrons. The lowest BCUT2D eigenvalue weighted by Gasteiger charge is -1.96. The Balaban J connectivity index is 3.19. The number of aryl methyl sites for hydroxylation is 1. The number of nitrogens with one attached hydrogen (secondary N) is 2. The summed E-state index contributed by atoms with van der Waals surface area (Å²) in [5.74, 6) is 0. The fourth-order valence-electron chi connectivity index (χ4n) is 0.544. The summed E-state index contributed by atoms with van der Waals surface area (Å²) in [5.41, 5.74) is 14.5. The van der Waals surface area contributed by atoms with E-state index in [1.807, 2.05) is 0 Å². The van der Waals surface area contributed by atoms with Crippen molar-refractivity contribution in [2.75, 3.05) is 0 Å². The Morgan fingerprint density at radius 2 is 2.22 bits per heavy atom. The Bertz CT molecular complexity index is 293. The summed E-state index contributed by atoms with van der Waals surface area (Å²) >= 11 is 0. The second kappa shape index (κ2) is 1.97. The van der Waals surface area contributed by atoms with Gasteiger partial charge in [-0.05, 0) is 24.5 Å². The Morgan fingerprint density at radius 3 is 2.78 bits per heavy atom. The van der Waals surface area contributed by atoms with Gasteiger partial charge in [0.25, 0.3) is 0 Å². The zero-order chi connectivity index (χ0) is 9.35. The Morgan fingerprint density at radius 1 is 1.44 bits per heavy atom. The first-order valence-electron chi connectivity index (χ1n) is 3.99. The lowest BCUT2D eigenvalue weighted by molar-refractivity contribution is 1.35. The van der Waals surface area contributed by atoms with E-state index >= 15 is 0 Å². The molecule has 0 unspecified atom stereocenters. The van der Waals surface area contributed by atoms with Crippen LogP contribution in [-0.2, 0) is 0 Å². The fraction of sp³-hybridized carbons (Fsp3) is 0.143. The van der Waals surface area contributed by atoms with Crippen molar-refractivity contribution in [1.29, 1.82) is 0 Å². The summed E-state index contributed by atoms with van der Waals surface area (Å²) in [6, 6.07) is 3.90. The van der Waals surface area contributed by atoms with Crippen molar-refractivity contribution in [2.45, 2.75) is 6.85 Å². The Kier molecular flexibility index (Phi) is 0.681. The molecule has 0 spiro atoms. The molecule has 0 saturated heterocycles. The molecule has 2 N–H and O–H groups in total. The highest BCUT2D eigenvalue weighted by Crippen LogP contribution is 2.15. The zero-order valence-corrected chi connectivity index (χ0v) is 4.73. The molecule has 2 heteroatoms. The molecule has 0 fully saturated rings. The second-order valence-corrected chi connectivity index (χ2v) is 1.76. The Hall–Kier alpha value is -1.18. The van der Waals surface area contributed by atoms with Gasteiger partial charge in [-0.3, -0.25) is 0 Å². The van der Waals surface area contributed by atoms with Crippen LogP contribution in [0.2, 0.25) is 0 Å². The highest BCUT2D eigenvalue weighted by atomic mass is 14.6. The molecule has 2 nitrogen and oxygen atoms in total. The van der Waals surface area contributed by atoms with E-state index in [0.717, 1.165) is 0 Å². The SMILES string of the molecule is [2H]C([2H])([2H])c1ccc([NH])cc1[NH]. The standard InChI is InChI=1S/C7H8N2/c1-5-2-3-6(8)4-7(5)9/h2-4,8-9H,1H3/i1D3. The monoisotopic (exact) mass is 123 g/mol. The van der Waals surface area contributed by atoms with Crippen molar-refractivity contribution < 1.29 is 4.11 Å². The topological polar surface area (TPSA) is 47.6 Å². The number of benzene rings is 1. The van der Waals surface area contributed by atoms with Crippen LogP contribution >= 0.6 is 0 Å². The van der Waals surface area contributed by atoms with Crippen LogP contribution in [0, 0.1) is 6.85 Å². The summed E-state index contributed by atoms with van der Waals surface area (Å²) in [7, 11) is 0. The quantitative estimate of drug-likeness (QED) is 0.505. The molecule has 0 aliphatic carbocycles. The second-order valence-electron chi connectivity index (χ2n) is 1.76. The van der Waals surface area contributed by atoms with Gasteiger partial charge in [0.1, 0.15) is 0 Å². The van der Waals surface area contributed by atoms with Crippen molar-refractivity contribution in [2.24, 2.45) is 0 Å². The minimum Gasteiger partial charge on any atom is -0.301 e. The van der Waals surface area contributed by atoms with Gasteiger partial charge in [0.2, 0.25) is 0 Å². The van der Waals surface area contributed by atoms with Gasteiger partial charge in [0.05, 0.1) is 11.4 Å². The average Bonchev–Trinajstić information content (AvgIpc) is 1.83. The first kappa shape index (κ1) is 3.11. The predicted molar refractivity (Wildman–Crippen MR) is 36.7 cm³/mol. The van der Waals surface area contributed by atoms with E-state index in [4.69, 9.17) is 15.6 Å². The molecule has 1 aromatic carbocycles. The van der Waals surface area contributed by atoms with Crippen molar-refractivity contribution >= 4 is 11.4 Å². The minimum absolute atomic E-state index is 0.00139. The molecule has 0 heterocycles. The summed E-state index contributed by atoms with van der Waals surface area (Å²) in [4.78, 5) is 0. The van der Waals surface area contributed by atoms with Crippen LogP contribution in [-0.4, -0.2) is 0 Å². The summed E-state index contributed by atoms with van der Waals surface area (Å²) in [5, 5.41) is 0. The van der Waals surface area contributed by atoms with Crippen LogP contribution in [0.5, 0.6) is 0 Å². The fourth-order valence-corrected chi connectivity index (χ4v) is 0.544. The lowest BCUT2D eigenvalue weighted by atomic mass is 10.2. The van der Waals surface area contributed by atoms with E-state index in [9.17, 15) is 0 Å². The van der Waals surface area contributed by atoms with Crippen molar-refractivity contribution in [1.82, 2.24) is 11.5 Å². The minimum atomic E-state index is -2.25. The van der Waals surface area contributed by atoms with Gasteiger partial charge in [-0.2, -0.15) is 0 Å². The van der Waals surface area contributed by atoms with E-state index in [1.54, 1.807) is 0 Å². The van der Waals surface area contributed by atoms with E-state index in [-0.39, 0.29) is 16.9 Å². The summed E-state index contributed by atoms with van der Waals surface area (Å²) in [6.45, 7) is -2.25. The van der Waals surface area contributed by atoms with Crippen LogP contribution in [0.1, 0.15) is 9.68 Å². The number of hydrogen-bond acceptors (Lipinski definition) is 0. The highest BCUT2D eigenvalue weighted by molar-refractivity contribution is 5.52. The van der Waals surface area contributed by atoms with Crippen LogP contribution < -0.4 is 11.5 Å².